The van der Waals surface area contributed by atoms with Crippen LogP contribution in [0.25, 0.3) is 11.1 Å². The van der Waals surface area contributed by atoms with Gasteiger partial charge in [0.25, 0.3) is 5.91 Å². The number of hydrogen-bond acceptors (Lipinski definition) is 4. The number of amides is 1. The molecule has 5 rings (SSSR count). The normalized spacial score (nSPS) is 16.9. The molecule has 0 atom stereocenters. The number of nitrogens with zero attached hydrogens (tertiary/aromatic N) is 2. The summed E-state index contributed by atoms with van der Waals surface area (Å²) < 4.78 is 5.98. The molecule has 1 saturated heterocycles. The first kappa shape index (κ1) is 18.8. The highest BCUT2D eigenvalue weighted by Crippen LogP contribution is 2.46. The van der Waals surface area contributed by atoms with Crippen LogP contribution in [-0.4, -0.2) is 35.5 Å². The molecule has 2 aromatic carbocycles. The monoisotopic (exact) mass is 399 g/mol. The molecule has 1 amide bonds. The maximum absolute atomic E-state index is 13.2. The van der Waals surface area contributed by atoms with E-state index in [-0.39, 0.29) is 11.3 Å². The highest BCUT2D eigenvalue weighted by molar-refractivity contribution is 5.95. The van der Waals surface area contributed by atoms with Crippen molar-refractivity contribution in [3.63, 3.8) is 0 Å². The van der Waals surface area contributed by atoms with Gasteiger partial charge in [-0.15, -0.1) is 0 Å². The van der Waals surface area contributed by atoms with Crippen LogP contribution in [0.3, 0.4) is 0 Å². The predicted molar refractivity (Wildman–Crippen MR) is 116 cm³/mol. The summed E-state index contributed by atoms with van der Waals surface area (Å²) in [5.74, 6) is 1.01. The molecular weight excluding hydrogens is 374 g/mol. The maximum atomic E-state index is 13.2. The molecule has 5 nitrogen and oxygen atoms in total. The lowest BCUT2D eigenvalue weighted by molar-refractivity contribution is 0.0646. The van der Waals surface area contributed by atoms with Crippen LogP contribution in [0.1, 0.15) is 34.3 Å². The van der Waals surface area contributed by atoms with Gasteiger partial charge in [-0.2, -0.15) is 0 Å². The standard InChI is InChI=1S/C25H25N3O2/c26-14-18-6-7-23-22(12-18)25(17-30-23)8-10-28(11-9-25)24(29)21-13-20(15-27-16-21)19-4-2-1-3-5-19/h1-7,12-13,15-16H,8-11,14,17,26H2. The van der Waals surface area contributed by atoms with E-state index in [1.54, 1.807) is 12.4 Å². The molecule has 2 aliphatic heterocycles. The van der Waals surface area contributed by atoms with Crippen LogP contribution in [-0.2, 0) is 12.0 Å². The number of aromatic nitrogens is 1. The number of ether oxygens (including phenoxy) is 1. The van der Waals surface area contributed by atoms with E-state index < -0.39 is 0 Å². The van der Waals surface area contributed by atoms with Crippen LogP contribution in [0.15, 0.2) is 67.0 Å². The van der Waals surface area contributed by atoms with Gasteiger partial charge in [-0.1, -0.05) is 42.5 Å². The Balaban J connectivity index is 1.33. The van der Waals surface area contributed by atoms with E-state index in [1.165, 1.54) is 5.56 Å². The Labute approximate surface area is 176 Å². The van der Waals surface area contributed by atoms with Crippen molar-refractivity contribution >= 4 is 5.91 Å². The Hall–Kier alpha value is -3.18. The first-order valence-corrected chi connectivity index (χ1v) is 10.4. The van der Waals surface area contributed by atoms with Crippen molar-refractivity contribution in [2.45, 2.75) is 24.8 Å². The average molecular weight is 399 g/mol. The molecule has 0 radical (unpaired) electrons. The molecule has 1 fully saturated rings. The number of nitrogens with two attached hydrogens (primary N) is 1. The zero-order chi connectivity index (χ0) is 20.6. The number of fused-ring (bicyclic) bond motifs is 2. The second-order valence-corrected chi connectivity index (χ2v) is 8.22. The Bertz CT molecular complexity index is 1070. The van der Waals surface area contributed by atoms with E-state index in [1.807, 2.05) is 53.4 Å². The van der Waals surface area contributed by atoms with Gasteiger partial charge in [0.05, 0.1) is 12.2 Å². The Morgan fingerprint density at radius 1 is 1.03 bits per heavy atom. The quantitative estimate of drug-likeness (QED) is 0.728. The van der Waals surface area contributed by atoms with Crippen LogP contribution >= 0.6 is 0 Å². The molecule has 0 bridgehead atoms. The molecule has 0 unspecified atom stereocenters. The largest absolute Gasteiger partial charge is 0.492 e. The zero-order valence-electron chi connectivity index (χ0n) is 16.9. The molecule has 152 valence electrons. The van der Waals surface area contributed by atoms with Gasteiger partial charge >= 0.3 is 0 Å². The van der Waals surface area contributed by atoms with Crippen LogP contribution in [0.4, 0.5) is 0 Å². The molecule has 3 heterocycles. The van der Waals surface area contributed by atoms with Gasteiger partial charge in [-0.05, 0) is 36.1 Å². The lowest BCUT2D eigenvalue weighted by Gasteiger charge is -2.38. The summed E-state index contributed by atoms with van der Waals surface area (Å²) in [4.78, 5) is 19.4. The third kappa shape index (κ3) is 3.25. The molecule has 0 aliphatic carbocycles. The second-order valence-electron chi connectivity index (χ2n) is 8.22. The van der Waals surface area contributed by atoms with Crippen LogP contribution in [0.2, 0.25) is 0 Å². The summed E-state index contributed by atoms with van der Waals surface area (Å²) in [6.07, 6.45) is 5.26. The molecule has 0 saturated carbocycles. The summed E-state index contributed by atoms with van der Waals surface area (Å²) in [7, 11) is 0. The fraction of sp³-hybridized carbons (Fsp3) is 0.280. The van der Waals surface area contributed by atoms with Crippen LogP contribution in [0, 0.1) is 0 Å². The Kier molecular flexibility index (Phi) is 4.75. The summed E-state index contributed by atoms with van der Waals surface area (Å²) in [5, 5.41) is 0. The van der Waals surface area contributed by atoms with Gasteiger partial charge in [-0.25, -0.2) is 0 Å². The minimum Gasteiger partial charge on any atom is -0.492 e. The summed E-state index contributed by atoms with van der Waals surface area (Å²) in [6, 6.07) is 18.2. The van der Waals surface area contributed by atoms with E-state index in [4.69, 9.17) is 10.5 Å². The number of carbonyl (C=O) groups is 1. The highest BCUT2D eigenvalue weighted by atomic mass is 16.5. The number of rotatable bonds is 3. The number of benzene rings is 2. The van der Waals surface area contributed by atoms with Gasteiger partial charge in [0.1, 0.15) is 5.75 Å². The predicted octanol–water partition coefficient (Wildman–Crippen LogP) is 3.77. The lowest BCUT2D eigenvalue weighted by Crippen LogP contribution is -2.46. The number of likely N-dealkylation sites (tertiary alicyclic amines) is 1. The average Bonchev–Trinajstić information content (AvgIpc) is 3.17. The maximum Gasteiger partial charge on any atom is 0.255 e. The molecule has 3 aromatic rings. The molecule has 30 heavy (non-hydrogen) atoms. The molecule has 1 spiro atoms. The van der Waals surface area contributed by atoms with Crippen LogP contribution < -0.4 is 10.5 Å². The molecule has 1 aromatic heterocycles. The minimum absolute atomic E-state index is 0.0125. The van der Waals surface area contributed by atoms with Crippen molar-refractivity contribution in [1.82, 2.24) is 9.88 Å². The lowest BCUT2D eigenvalue weighted by atomic mass is 9.74. The van der Waals surface area contributed by atoms with Crippen molar-refractivity contribution < 1.29 is 9.53 Å². The number of pyridine rings is 1. The number of carbonyl (C=O) groups excluding carboxylic acids is 1. The SMILES string of the molecule is NCc1ccc2c(c1)C1(CCN(C(=O)c3cncc(-c4ccccc4)c3)CC1)CO2. The molecule has 5 heteroatoms. The molecule has 2 aliphatic rings. The molecule has 2 N–H and O–H groups in total. The van der Waals surface area contributed by atoms with E-state index >= 15 is 0 Å². The number of piperidine rings is 1. The fourth-order valence-corrected chi connectivity index (χ4v) is 4.62. The summed E-state index contributed by atoms with van der Waals surface area (Å²) >= 11 is 0. The smallest absolute Gasteiger partial charge is 0.255 e. The number of hydrogen-bond donors (Lipinski definition) is 1. The fourth-order valence-electron chi connectivity index (χ4n) is 4.62. The van der Waals surface area contributed by atoms with E-state index in [2.05, 4.69) is 11.1 Å². The van der Waals surface area contributed by atoms with Crippen molar-refractivity contribution in [2.24, 2.45) is 5.73 Å². The van der Waals surface area contributed by atoms with Crippen molar-refractivity contribution in [1.29, 1.82) is 0 Å². The zero-order valence-corrected chi connectivity index (χ0v) is 16.9. The van der Waals surface area contributed by atoms with Crippen molar-refractivity contribution in [2.75, 3.05) is 19.7 Å². The summed E-state index contributed by atoms with van der Waals surface area (Å²) in [6.45, 7) is 2.64. The Morgan fingerprint density at radius 2 is 1.83 bits per heavy atom. The van der Waals surface area contributed by atoms with Gasteiger partial charge in [0.15, 0.2) is 0 Å². The topological polar surface area (TPSA) is 68.5 Å². The third-order valence-corrected chi connectivity index (χ3v) is 6.46. The first-order valence-electron chi connectivity index (χ1n) is 10.4. The van der Waals surface area contributed by atoms with Gasteiger partial charge < -0.3 is 15.4 Å². The third-order valence-electron chi connectivity index (χ3n) is 6.46. The van der Waals surface area contributed by atoms with E-state index in [0.717, 1.165) is 35.3 Å². The second kappa shape index (κ2) is 7.58. The first-order chi connectivity index (χ1) is 14.7. The van der Waals surface area contributed by atoms with Crippen LogP contribution in [0.5, 0.6) is 5.75 Å². The highest BCUT2D eigenvalue weighted by Gasteiger charge is 2.44. The van der Waals surface area contributed by atoms with E-state index in [9.17, 15) is 4.79 Å². The minimum atomic E-state index is -0.0125. The van der Waals surface area contributed by atoms with Crippen molar-refractivity contribution in [3.8, 4) is 16.9 Å². The Morgan fingerprint density at radius 3 is 2.60 bits per heavy atom. The summed E-state index contributed by atoms with van der Waals surface area (Å²) in [5.41, 5.74) is 10.9. The van der Waals surface area contributed by atoms with E-state index in [0.29, 0.717) is 31.8 Å². The van der Waals surface area contributed by atoms with Crippen molar-refractivity contribution in [3.05, 3.63) is 83.7 Å². The van der Waals surface area contributed by atoms with Gasteiger partial charge in [-0.3, -0.25) is 9.78 Å². The molecular formula is C25H25N3O2. The van der Waals surface area contributed by atoms with Gasteiger partial charge in [0, 0.05) is 48.6 Å². The van der Waals surface area contributed by atoms with Gasteiger partial charge in [0.2, 0.25) is 0 Å².